The van der Waals surface area contributed by atoms with E-state index in [4.69, 9.17) is 4.98 Å². The monoisotopic (exact) mass is 317 g/mol. The smallest absolute Gasteiger partial charge is 0.190 e. The lowest BCUT2D eigenvalue weighted by atomic mass is 10.3. The Labute approximate surface area is 131 Å². The number of aromatic hydroxyl groups is 1. The van der Waals surface area contributed by atoms with Crippen molar-refractivity contribution in [2.45, 2.75) is 13.8 Å². The van der Waals surface area contributed by atoms with Gasteiger partial charge in [0.05, 0.1) is 21.3 Å². The third-order valence-electron chi connectivity index (χ3n) is 3.15. The highest BCUT2D eigenvalue weighted by Crippen LogP contribution is 2.35. The van der Waals surface area contributed by atoms with Gasteiger partial charge in [0.2, 0.25) is 0 Å². The van der Waals surface area contributed by atoms with E-state index in [0.717, 1.165) is 32.1 Å². The van der Waals surface area contributed by atoms with Gasteiger partial charge >= 0.3 is 0 Å². The molecule has 3 aromatic rings. The van der Waals surface area contributed by atoms with Crippen LogP contribution < -0.4 is 4.90 Å². The van der Waals surface area contributed by atoms with Crippen LogP contribution in [0.25, 0.3) is 10.6 Å². The molecule has 3 rings (SSSR count). The topological polar surface area (TPSA) is 49.2 Å². The second-order valence-electron chi connectivity index (χ2n) is 4.74. The molecule has 0 aliphatic rings. The molecule has 6 heteroatoms. The summed E-state index contributed by atoms with van der Waals surface area (Å²) >= 11 is 3.27. The molecule has 0 spiro atoms. The Morgan fingerprint density at radius 1 is 1.10 bits per heavy atom. The van der Waals surface area contributed by atoms with Crippen molar-refractivity contribution in [1.82, 2.24) is 9.97 Å². The molecule has 108 valence electrons. The Hall–Kier alpha value is -1.92. The zero-order chi connectivity index (χ0) is 15.0. The molecule has 2 heterocycles. The minimum absolute atomic E-state index is 0.266. The molecular weight excluding hydrogens is 302 g/mol. The van der Waals surface area contributed by atoms with Crippen molar-refractivity contribution in [2.24, 2.45) is 0 Å². The Balaban J connectivity index is 1.91. The van der Waals surface area contributed by atoms with Crippen molar-refractivity contribution < 1.29 is 5.11 Å². The lowest BCUT2D eigenvalue weighted by Crippen LogP contribution is -2.08. The van der Waals surface area contributed by atoms with E-state index >= 15 is 0 Å². The van der Waals surface area contributed by atoms with E-state index in [0.29, 0.717) is 0 Å². The van der Waals surface area contributed by atoms with Crippen LogP contribution in [-0.4, -0.2) is 22.1 Å². The first-order valence-electron chi connectivity index (χ1n) is 6.47. The number of benzene rings is 1. The average Bonchev–Trinajstić information content (AvgIpc) is 3.05. The normalized spacial score (nSPS) is 10.8. The van der Waals surface area contributed by atoms with Crippen molar-refractivity contribution in [2.75, 3.05) is 11.9 Å². The predicted molar refractivity (Wildman–Crippen MR) is 88.9 cm³/mol. The Bertz CT molecular complexity index is 762. The number of phenolic OH excluding ortho intramolecular Hbond substituents is 1. The number of anilines is 2. The van der Waals surface area contributed by atoms with Gasteiger partial charge in [-0.05, 0) is 38.1 Å². The average molecular weight is 317 g/mol. The van der Waals surface area contributed by atoms with Crippen LogP contribution in [0.2, 0.25) is 0 Å². The minimum Gasteiger partial charge on any atom is -0.508 e. The molecular formula is C15H15N3OS2. The fourth-order valence-electron chi connectivity index (χ4n) is 2.08. The summed E-state index contributed by atoms with van der Waals surface area (Å²) in [6, 6.07) is 7.10. The number of nitrogens with zero attached hydrogens (tertiary/aromatic N) is 3. The molecule has 0 atom stereocenters. The quantitative estimate of drug-likeness (QED) is 0.780. The van der Waals surface area contributed by atoms with Gasteiger partial charge < -0.3 is 10.0 Å². The van der Waals surface area contributed by atoms with Gasteiger partial charge in [-0.1, -0.05) is 0 Å². The van der Waals surface area contributed by atoms with Gasteiger partial charge in [-0.2, -0.15) is 0 Å². The standard InChI is InChI=1S/C15H15N3OS2/c1-9-14(21-10(2)16-9)13-8-20-15(17-13)18(3)11-4-6-12(19)7-5-11/h4-8,19H,1-3H3. The van der Waals surface area contributed by atoms with Crippen LogP contribution in [0.1, 0.15) is 10.7 Å². The highest BCUT2D eigenvalue weighted by molar-refractivity contribution is 7.16. The number of aromatic nitrogens is 2. The molecule has 0 saturated carbocycles. The summed E-state index contributed by atoms with van der Waals surface area (Å²) in [5.41, 5.74) is 3.00. The summed E-state index contributed by atoms with van der Waals surface area (Å²) < 4.78 is 0. The van der Waals surface area contributed by atoms with Crippen LogP contribution >= 0.6 is 22.7 Å². The van der Waals surface area contributed by atoms with Crippen LogP contribution in [0.5, 0.6) is 5.75 Å². The molecule has 0 bridgehead atoms. The van der Waals surface area contributed by atoms with E-state index in [2.05, 4.69) is 10.4 Å². The number of rotatable bonds is 3. The molecule has 0 fully saturated rings. The lowest BCUT2D eigenvalue weighted by Gasteiger charge is -2.15. The molecule has 0 unspecified atom stereocenters. The van der Waals surface area contributed by atoms with Crippen molar-refractivity contribution in [3.05, 3.63) is 40.3 Å². The maximum Gasteiger partial charge on any atom is 0.190 e. The SMILES string of the molecule is Cc1nc(C)c(-c2csc(N(C)c3ccc(O)cc3)n2)s1. The second-order valence-corrected chi connectivity index (χ2v) is 6.78. The van der Waals surface area contributed by atoms with Crippen LogP contribution in [0.15, 0.2) is 29.6 Å². The lowest BCUT2D eigenvalue weighted by molar-refractivity contribution is 0.475. The third-order valence-corrected chi connectivity index (χ3v) is 5.16. The maximum atomic E-state index is 9.36. The number of hydrogen-bond acceptors (Lipinski definition) is 6. The van der Waals surface area contributed by atoms with Gasteiger partial charge in [-0.15, -0.1) is 22.7 Å². The van der Waals surface area contributed by atoms with Crippen LogP contribution in [-0.2, 0) is 0 Å². The fourth-order valence-corrected chi connectivity index (χ4v) is 3.84. The maximum absolute atomic E-state index is 9.36. The number of hydrogen-bond donors (Lipinski definition) is 1. The summed E-state index contributed by atoms with van der Waals surface area (Å²) in [5.74, 6) is 0.266. The molecule has 0 aliphatic heterocycles. The summed E-state index contributed by atoms with van der Waals surface area (Å²) in [6.45, 7) is 4.03. The van der Waals surface area contributed by atoms with Gasteiger partial charge in [0.15, 0.2) is 5.13 Å². The van der Waals surface area contributed by atoms with Gasteiger partial charge in [-0.3, -0.25) is 0 Å². The van der Waals surface area contributed by atoms with Gasteiger partial charge in [0, 0.05) is 18.1 Å². The Kier molecular flexibility index (Phi) is 3.65. The molecule has 2 aromatic heterocycles. The van der Waals surface area contributed by atoms with E-state index < -0.39 is 0 Å². The highest BCUT2D eigenvalue weighted by atomic mass is 32.1. The summed E-state index contributed by atoms with van der Waals surface area (Å²) in [6.07, 6.45) is 0. The number of aryl methyl sites for hydroxylation is 2. The third kappa shape index (κ3) is 2.77. The molecule has 21 heavy (non-hydrogen) atoms. The summed E-state index contributed by atoms with van der Waals surface area (Å²) in [5, 5.41) is 13.4. The zero-order valence-corrected chi connectivity index (χ0v) is 13.6. The molecule has 0 radical (unpaired) electrons. The van der Waals surface area contributed by atoms with Gasteiger partial charge in [0.1, 0.15) is 5.75 Å². The Morgan fingerprint density at radius 3 is 2.43 bits per heavy atom. The number of thiazole rings is 2. The van der Waals surface area contributed by atoms with E-state index in [-0.39, 0.29) is 5.75 Å². The first kappa shape index (κ1) is 14.0. The molecule has 1 aromatic carbocycles. The van der Waals surface area contributed by atoms with Crippen LogP contribution in [0.4, 0.5) is 10.8 Å². The van der Waals surface area contributed by atoms with Crippen molar-refractivity contribution >= 4 is 33.5 Å². The Morgan fingerprint density at radius 2 is 1.81 bits per heavy atom. The van der Waals surface area contributed by atoms with Gasteiger partial charge in [0.25, 0.3) is 0 Å². The van der Waals surface area contributed by atoms with E-state index in [1.807, 2.05) is 37.9 Å². The van der Waals surface area contributed by atoms with Crippen molar-refractivity contribution in [3.63, 3.8) is 0 Å². The van der Waals surface area contributed by atoms with Crippen LogP contribution in [0, 0.1) is 13.8 Å². The second kappa shape index (κ2) is 5.46. The largest absolute Gasteiger partial charge is 0.508 e. The molecule has 0 amide bonds. The summed E-state index contributed by atoms with van der Waals surface area (Å²) in [7, 11) is 1.97. The van der Waals surface area contributed by atoms with Crippen molar-refractivity contribution in [1.29, 1.82) is 0 Å². The van der Waals surface area contributed by atoms with Crippen LogP contribution in [0.3, 0.4) is 0 Å². The first-order chi connectivity index (χ1) is 10.0. The molecule has 1 N–H and O–H groups in total. The summed E-state index contributed by atoms with van der Waals surface area (Å²) in [4.78, 5) is 12.3. The zero-order valence-electron chi connectivity index (χ0n) is 12.0. The van der Waals surface area contributed by atoms with Gasteiger partial charge in [-0.25, -0.2) is 9.97 Å². The predicted octanol–water partition coefficient (Wildman–Crippen LogP) is 4.36. The fraction of sp³-hybridized carbons (Fsp3) is 0.200. The van der Waals surface area contributed by atoms with E-state index in [9.17, 15) is 5.11 Å². The highest BCUT2D eigenvalue weighted by Gasteiger charge is 2.14. The molecule has 0 saturated heterocycles. The molecule has 4 nitrogen and oxygen atoms in total. The molecule has 0 aliphatic carbocycles. The first-order valence-corrected chi connectivity index (χ1v) is 8.17. The minimum atomic E-state index is 0.266. The van der Waals surface area contributed by atoms with E-state index in [1.165, 1.54) is 0 Å². The van der Waals surface area contributed by atoms with Crippen molar-refractivity contribution in [3.8, 4) is 16.3 Å². The van der Waals surface area contributed by atoms with E-state index in [1.54, 1.807) is 34.8 Å². The number of phenols is 1.